The molecule has 0 amide bonds. The zero-order chi connectivity index (χ0) is 11.3. The van der Waals surface area contributed by atoms with Crippen molar-refractivity contribution in [2.45, 2.75) is 52.1 Å². The van der Waals surface area contributed by atoms with Gasteiger partial charge in [-0.1, -0.05) is 0 Å². The van der Waals surface area contributed by atoms with E-state index < -0.39 is 0 Å². The number of rotatable bonds is 6. The topological polar surface area (TPSA) is 32.3 Å². The van der Waals surface area contributed by atoms with Crippen LogP contribution >= 0.6 is 0 Å². The number of ketones is 1. The Kier molecular flexibility index (Phi) is 5.26. The van der Waals surface area contributed by atoms with E-state index in [0.29, 0.717) is 18.5 Å². The molecule has 0 unspecified atom stereocenters. The molecule has 0 radical (unpaired) electrons. The Morgan fingerprint density at radius 1 is 1.53 bits per heavy atom. The van der Waals surface area contributed by atoms with Gasteiger partial charge < -0.3 is 5.32 Å². The van der Waals surface area contributed by atoms with Gasteiger partial charge in [-0.15, -0.1) is 0 Å². The molecule has 0 aliphatic carbocycles. The van der Waals surface area contributed by atoms with E-state index >= 15 is 0 Å². The third-order valence-electron chi connectivity index (χ3n) is 3.12. The summed E-state index contributed by atoms with van der Waals surface area (Å²) in [5.74, 6) is 0.273. The maximum Gasteiger partial charge on any atom is 0.131 e. The Balaban J connectivity index is 2.17. The zero-order valence-corrected chi connectivity index (χ0v) is 10.3. The van der Waals surface area contributed by atoms with Gasteiger partial charge in [0.2, 0.25) is 0 Å². The molecule has 0 bridgehead atoms. The number of nitrogens with zero attached hydrogens (tertiary/aromatic N) is 1. The molecule has 0 aromatic rings. The minimum Gasteiger partial charge on any atom is -0.315 e. The molecule has 1 saturated heterocycles. The molecular weight excluding hydrogens is 188 g/mol. The van der Waals surface area contributed by atoms with Crippen molar-refractivity contribution in [2.75, 3.05) is 19.6 Å². The Labute approximate surface area is 93.2 Å². The Bertz CT molecular complexity index is 204. The monoisotopic (exact) mass is 212 g/mol. The van der Waals surface area contributed by atoms with Crippen molar-refractivity contribution in [3.05, 3.63) is 0 Å². The van der Waals surface area contributed by atoms with Crippen molar-refractivity contribution in [2.24, 2.45) is 0 Å². The van der Waals surface area contributed by atoms with Crippen molar-refractivity contribution in [1.29, 1.82) is 0 Å². The van der Waals surface area contributed by atoms with E-state index in [-0.39, 0.29) is 5.78 Å². The third kappa shape index (κ3) is 4.31. The lowest BCUT2D eigenvalue weighted by Crippen LogP contribution is -2.42. The highest BCUT2D eigenvalue weighted by Gasteiger charge is 2.25. The summed E-state index contributed by atoms with van der Waals surface area (Å²) in [6.45, 7) is 9.26. The second kappa shape index (κ2) is 6.23. The normalized spacial score (nSPS) is 22.5. The SMILES string of the molecule is CC(=O)CCNC[C@@H]1CCCN1C(C)C. The second-order valence-electron chi connectivity index (χ2n) is 4.78. The summed E-state index contributed by atoms with van der Waals surface area (Å²) >= 11 is 0. The summed E-state index contributed by atoms with van der Waals surface area (Å²) in [5.41, 5.74) is 0. The summed E-state index contributed by atoms with van der Waals surface area (Å²) < 4.78 is 0. The van der Waals surface area contributed by atoms with Crippen LogP contribution in [0.2, 0.25) is 0 Å². The summed E-state index contributed by atoms with van der Waals surface area (Å²) in [5, 5.41) is 3.38. The highest BCUT2D eigenvalue weighted by atomic mass is 16.1. The molecule has 0 aromatic carbocycles. The lowest BCUT2D eigenvalue weighted by molar-refractivity contribution is -0.116. The van der Waals surface area contributed by atoms with Crippen molar-refractivity contribution in [1.82, 2.24) is 10.2 Å². The van der Waals surface area contributed by atoms with Crippen molar-refractivity contribution in [3.63, 3.8) is 0 Å². The number of likely N-dealkylation sites (tertiary alicyclic amines) is 1. The highest BCUT2D eigenvalue weighted by molar-refractivity contribution is 5.75. The minimum absolute atomic E-state index is 0.273. The first-order valence-corrected chi connectivity index (χ1v) is 6.07. The molecule has 1 fully saturated rings. The van der Waals surface area contributed by atoms with E-state index in [1.165, 1.54) is 19.4 Å². The molecule has 1 aliphatic rings. The third-order valence-corrected chi connectivity index (χ3v) is 3.12. The van der Waals surface area contributed by atoms with E-state index in [2.05, 4.69) is 24.1 Å². The quantitative estimate of drug-likeness (QED) is 0.676. The smallest absolute Gasteiger partial charge is 0.131 e. The minimum atomic E-state index is 0.273. The molecule has 88 valence electrons. The summed E-state index contributed by atoms with van der Waals surface area (Å²) in [6, 6.07) is 1.32. The first-order chi connectivity index (χ1) is 7.11. The Hall–Kier alpha value is -0.410. The van der Waals surface area contributed by atoms with Crippen LogP contribution in [-0.4, -0.2) is 42.4 Å². The summed E-state index contributed by atoms with van der Waals surface area (Å²) in [7, 11) is 0. The molecule has 1 N–H and O–H groups in total. The second-order valence-corrected chi connectivity index (χ2v) is 4.78. The van der Waals surface area contributed by atoms with Crippen LogP contribution in [0.1, 0.15) is 40.0 Å². The fourth-order valence-electron chi connectivity index (χ4n) is 2.29. The maximum atomic E-state index is 10.8. The first kappa shape index (κ1) is 12.7. The number of carbonyl (C=O) groups is 1. The number of Topliss-reactive ketones (excluding diaryl/α,β-unsaturated/α-hetero) is 1. The van der Waals surface area contributed by atoms with Gasteiger partial charge in [0.05, 0.1) is 0 Å². The van der Waals surface area contributed by atoms with Gasteiger partial charge in [-0.05, 0) is 40.2 Å². The van der Waals surface area contributed by atoms with Crippen LogP contribution in [0, 0.1) is 0 Å². The average molecular weight is 212 g/mol. The molecule has 1 rings (SSSR count). The summed E-state index contributed by atoms with van der Waals surface area (Å²) in [4.78, 5) is 13.3. The molecule has 3 nitrogen and oxygen atoms in total. The molecule has 1 aliphatic heterocycles. The van der Waals surface area contributed by atoms with Crippen LogP contribution in [0.4, 0.5) is 0 Å². The van der Waals surface area contributed by atoms with E-state index in [1.54, 1.807) is 6.92 Å². The van der Waals surface area contributed by atoms with Crippen molar-refractivity contribution < 1.29 is 4.79 Å². The molecule has 1 atom stereocenters. The van der Waals surface area contributed by atoms with Crippen LogP contribution in [-0.2, 0) is 4.79 Å². The molecule has 15 heavy (non-hydrogen) atoms. The van der Waals surface area contributed by atoms with Crippen LogP contribution in [0.5, 0.6) is 0 Å². The van der Waals surface area contributed by atoms with Gasteiger partial charge in [-0.3, -0.25) is 9.69 Å². The number of hydrogen-bond donors (Lipinski definition) is 1. The lowest BCUT2D eigenvalue weighted by Gasteiger charge is -2.28. The predicted molar refractivity (Wildman–Crippen MR) is 63.0 cm³/mol. The van der Waals surface area contributed by atoms with Crippen LogP contribution in [0.25, 0.3) is 0 Å². The van der Waals surface area contributed by atoms with Gasteiger partial charge >= 0.3 is 0 Å². The summed E-state index contributed by atoms with van der Waals surface area (Å²) in [6.07, 6.45) is 3.27. The van der Waals surface area contributed by atoms with E-state index in [9.17, 15) is 4.79 Å². The first-order valence-electron chi connectivity index (χ1n) is 6.07. The predicted octanol–water partition coefficient (Wildman–Crippen LogP) is 1.43. The fraction of sp³-hybridized carbons (Fsp3) is 0.917. The number of carbonyl (C=O) groups excluding carboxylic acids is 1. The van der Waals surface area contributed by atoms with E-state index in [4.69, 9.17) is 0 Å². The van der Waals surface area contributed by atoms with Crippen molar-refractivity contribution in [3.8, 4) is 0 Å². The molecule has 0 aromatic heterocycles. The van der Waals surface area contributed by atoms with Crippen LogP contribution in [0.3, 0.4) is 0 Å². The molecular formula is C12H24N2O. The Morgan fingerprint density at radius 2 is 2.27 bits per heavy atom. The van der Waals surface area contributed by atoms with Gasteiger partial charge in [-0.25, -0.2) is 0 Å². The number of nitrogens with one attached hydrogen (secondary N) is 1. The van der Waals surface area contributed by atoms with Gasteiger partial charge in [-0.2, -0.15) is 0 Å². The highest BCUT2D eigenvalue weighted by Crippen LogP contribution is 2.18. The molecule has 0 saturated carbocycles. The van der Waals surface area contributed by atoms with Gasteiger partial charge in [0.15, 0.2) is 0 Å². The van der Waals surface area contributed by atoms with Crippen LogP contribution in [0.15, 0.2) is 0 Å². The largest absolute Gasteiger partial charge is 0.315 e. The number of hydrogen-bond acceptors (Lipinski definition) is 3. The van der Waals surface area contributed by atoms with E-state index in [0.717, 1.165) is 13.1 Å². The van der Waals surface area contributed by atoms with Crippen LogP contribution < -0.4 is 5.32 Å². The average Bonchev–Trinajstić information content (AvgIpc) is 2.60. The zero-order valence-electron chi connectivity index (χ0n) is 10.3. The standard InChI is InChI=1S/C12H24N2O/c1-10(2)14-8-4-5-12(14)9-13-7-6-11(3)15/h10,12-13H,4-9H2,1-3H3/t12-/m0/s1. The van der Waals surface area contributed by atoms with Gasteiger partial charge in [0, 0.05) is 31.6 Å². The lowest BCUT2D eigenvalue weighted by atomic mass is 10.2. The van der Waals surface area contributed by atoms with Gasteiger partial charge in [0.1, 0.15) is 5.78 Å². The van der Waals surface area contributed by atoms with E-state index in [1.807, 2.05) is 0 Å². The maximum absolute atomic E-state index is 10.8. The van der Waals surface area contributed by atoms with Gasteiger partial charge in [0.25, 0.3) is 0 Å². The molecule has 3 heteroatoms. The Morgan fingerprint density at radius 3 is 2.87 bits per heavy atom. The molecule has 0 spiro atoms. The molecule has 1 heterocycles. The fourth-order valence-corrected chi connectivity index (χ4v) is 2.29. The van der Waals surface area contributed by atoms with Crippen molar-refractivity contribution >= 4 is 5.78 Å².